The summed E-state index contributed by atoms with van der Waals surface area (Å²) in [6, 6.07) is 6.30. The maximum Gasteiger partial charge on any atom is 0.175 e. The topological polar surface area (TPSA) is 89.6 Å². The molecule has 6 heteroatoms. The van der Waals surface area contributed by atoms with Gasteiger partial charge in [-0.25, -0.2) is 8.42 Å². The van der Waals surface area contributed by atoms with E-state index in [1.807, 2.05) is 0 Å². The van der Waals surface area contributed by atoms with Crippen molar-refractivity contribution in [3.8, 4) is 5.75 Å². The minimum absolute atomic E-state index is 0.135. The second kappa shape index (κ2) is 5.11. The quantitative estimate of drug-likeness (QED) is 0.797. The molecule has 0 spiro atoms. The highest BCUT2D eigenvalue weighted by atomic mass is 32.2. The first-order valence-corrected chi connectivity index (χ1v) is 8.07. The smallest absolute Gasteiger partial charge is 0.175 e. The molecule has 106 valence electrons. The molecule has 0 radical (unpaired) electrons. The number of hydrogen-bond donors (Lipinski definition) is 2. The van der Waals surface area contributed by atoms with Gasteiger partial charge in [-0.3, -0.25) is 0 Å². The van der Waals surface area contributed by atoms with Crippen LogP contribution in [-0.2, 0) is 9.84 Å². The third kappa shape index (κ3) is 3.46. The highest BCUT2D eigenvalue weighted by Gasteiger charge is 2.42. The van der Waals surface area contributed by atoms with Crippen molar-refractivity contribution >= 4 is 9.84 Å². The summed E-state index contributed by atoms with van der Waals surface area (Å²) in [6.07, 6.45) is 3.16. The van der Waals surface area contributed by atoms with Crippen LogP contribution >= 0.6 is 0 Å². The molecule has 1 aromatic rings. The fourth-order valence-corrected chi connectivity index (χ4v) is 2.62. The van der Waals surface area contributed by atoms with Gasteiger partial charge in [-0.2, -0.15) is 0 Å². The Kier molecular flexibility index (Phi) is 3.85. The average Bonchev–Trinajstić information content (AvgIpc) is 3.20. The Hall–Kier alpha value is -1.11. The molecule has 5 nitrogen and oxygen atoms in total. The largest absolute Gasteiger partial charge is 0.492 e. The van der Waals surface area contributed by atoms with Crippen molar-refractivity contribution in [3.05, 3.63) is 24.3 Å². The lowest BCUT2D eigenvalue weighted by molar-refractivity contribution is 0.116. The molecular formula is C13H19NO4S. The molecule has 1 fully saturated rings. The van der Waals surface area contributed by atoms with E-state index in [1.165, 1.54) is 12.1 Å². The number of hydrogen-bond acceptors (Lipinski definition) is 5. The Morgan fingerprint density at radius 2 is 2.16 bits per heavy atom. The van der Waals surface area contributed by atoms with Gasteiger partial charge in [0.2, 0.25) is 0 Å². The molecule has 0 aromatic heterocycles. The molecule has 19 heavy (non-hydrogen) atoms. The number of benzene rings is 1. The lowest BCUT2D eigenvalue weighted by atomic mass is 9.97. The van der Waals surface area contributed by atoms with Crippen molar-refractivity contribution in [2.75, 3.05) is 19.5 Å². The summed E-state index contributed by atoms with van der Waals surface area (Å²) in [5.74, 6) is 0.738. The zero-order chi connectivity index (χ0) is 14.1. The summed E-state index contributed by atoms with van der Waals surface area (Å²) >= 11 is 0. The van der Waals surface area contributed by atoms with E-state index in [2.05, 4.69) is 0 Å². The molecule has 1 aliphatic carbocycles. The van der Waals surface area contributed by atoms with E-state index in [4.69, 9.17) is 10.5 Å². The van der Waals surface area contributed by atoms with E-state index in [1.54, 1.807) is 12.1 Å². The fourth-order valence-electron chi connectivity index (χ4n) is 1.96. The second-order valence-corrected chi connectivity index (χ2v) is 7.22. The molecule has 1 saturated carbocycles. The molecule has 1 aromatic carbocycles. The van der Waals surface area contributed by atoms with E-state index < -0.39 is 15.4 Å². The Balaban J connectivity index is 2.07. The molecule has 0 aliphatic heterocycles. The first kappa shape index (κ1) is 14.3. The lowest BCUT2D eigenvalue weighted by Gasteiger charge is -2.27. The van der Waals surface area contributed by atoms with E-state index in [0.29, 0.717) is 5.75 Å². The zero-order valence-electron chi connectivity index (χ0n) is 10.9. The third-order valence-corrected chi connectivity index (χ3v) is 4.54. The molecular weight excluding hydrogens is 266 g/mol. The van der Waals surface area contributed by atoms with Crippen LogP contribution in [0.5, 0.6) is 5.75 Å². The molecule has 3 N–H and O–H groups in total. The van der Waals surface area contributed by atoms with Gasteiger partial charge in [0.1, 0.15) is 12.4 Å². The number of aliphatic hydroxyl groups is 1. The Labute approximate surface area is 113 Å². The fraction of sp³-hybridized carbons (Fsp3) is 0.538. The molecule has 0 saturated heterocycles. The van der Waals surface area contributed by atoms with Crippen LogP contribution in [0, 0.1) is 5.92 Å². The van der Waals surface area contributed by atoms with Crippen LogP contribution in [0.25, 0.3) is 0 Å². The normalized spacial score (nSPS) is 18.9. The van der Waals surface area contributed by atoms with Crippen LogP contribution in [0.4, 0.5) is 0 Å². The maximum atomic E-state index is 11.4. The van der Waals surface area contributed by atoms with E-state index >= 15 is 0 Å². The van der Waals surface area contributed by atoms with Gasteiger partial charge in [0.15, 0.2) is 9.84 Å². The average molecular weight is 285 g/mol. The lowest BCUT2D eigenvalue weighted by Crippen LogP contribution is -2.51. The molecule has 0 bridgehead atoms. The Morgan fingerprint density at radius 3 is 2.68 bits per heavy atom. The second-order valence-electron chi connectivity index (χ2n) is 5.20. The zero-order valence-corrected chi connectivity index (χ0v) is 11.7. The van der Waals surface area contributed by atoms with E-state index in [-0.39, 0.29) is 24.0 Å². The highest BCUT2D eigenvalue weighted by Crippen LogP contribution is 2.38. The van der Waals surface area contributed by atoms with E-state index in [0.717, 1.165) is 19.1 Å². The van der Waals surface area contributed by atoms with Crippen molar-refractivity contribution in [1.82, 2.24) is 0 Å². The Bertz CT molecular complexity index is 554. The molecule has 2 rings (SSSR count). The minimum atomic E-state index is -3.25. The van der Waals surface area contributed by atoms with Crippen LogP contribution in [0.1, 0.15) is 12.8 Å². The predicted molar refractivity (Wildman–Crippen MR) is 71.8 cm³/mol. The number of rotatable bonds is 6. The SMILES string of the molecule is CS(=O)(=O)c1cccc(OCC(N)(CO)C2CC2)c1. The van der Waals surface area contributed by atoms with Crippen molar-refractivity contribution in [2.24, 2.45) is 11.7 Å². The third-order valence-electron chi connectivity index (χ3n) is 3.43. The summed E-state index contributed by atoms with van der Waals surface area (Å²) in [7, 11) is -3.25. The van der Waals surface area contributed by atoms with Gasteiger partial charge in [-0.1, -0.05) is 6.07 Å². The number of sulfone groups is 1. The molecule has 1 atom stereocenters. The summed E-state index contributed by atoms with van der Waals surface area (Å²) in [6.45, 7) is 0.0464. The van der Waals surface area contributed by atoms with Crippen LogP contribution in [0.2, 0.25) is 0 Å². The molecule has 0 heterocycles. The molecule has 1 aliphatic rings. The monoisotopic (exact) mass is 285 g/mol. The molecule has 1 unspecified atom stereocenters. The first-order valence-electron chi connectivity index (χ1n) is 6.18. The first-order chi connectivity index (χ1) is 8.85. The number of ether oxygens (including phenoxy) is 1. The van der Waals surface area contributed by atoms with Crippen molar-refractivity contribution < 1.29 is 18.3 Å². The van der Waals surface area contributed by atoms with Gasteiger partial charge in [-0.15, -0.1) is 0 Å². The number of nitrogens with two attached hydrogens (primary N) is 1. The summed E-state index contributed by atoms with van der Waals surface area (Å²) in [4.78, 5) is 0.211. The van der Waals surface area contributed by atoms with Gasteiger partial charge >= 0.3 is 0 Å². The highest BCUT2D eigenvalue weighted by molar-refractivity contribution is 7.90. The summed E-state index contributed by atoms with van der Waals surface area (Å²) < 4.78 is 28.4. The van der Waals surface area contributed by atoms with Crippen molar-refractivity contribution in [1.29, 1.82) is 0 Å². The van der Waals surface area contributed by atoms with Gasteiger partial charge in [0.25, 0.3) is 0 Å². The van der Waals surface area contributed by atoms with Crippen LogP contribution < -0.4 is 10.5 Å². The summed E-state index contributed by atoms with van der Waals surface area (Å²) in [5.41, 5.74) is 5.35. The van der Waals surface area contributed by atoms with Gasteiger partial charge in [0.05, 0.1) is 17.0 Å². The maximum absolute atomic E-state index is 11.4. The predicted octanol–water partition coefficient (Wildman–Crippen LogP) is 0.569. The minimum Gasteiger partial charge on any atom is -0.492 e. The van der Waals surface area contributed by atoms with Gasteiger partial charge in [-0.05, 0) is 37.0 Å². The molecule has 0 amide bonds. The van der Waals surface area contributed by atoms with Crippen molar-refractivity contribution in [2.45, 2.75) is 23.3 Å². The summed E-state index contributed by atoms with van der Waals surface area (Å²) in [5, 5.41) is 9.36. The van der Waals surface area contributed by atoms with Gasteiger partial charge in [0, 0.05) is 6.26 Å². The van der Waals surface area contributed by atoms with Crippen LogP contribution in [0.15, 0.2) is 29.2 Å². The van der Waals surface area contributed by atoms with Crippen LogP contribution in [-0.4, -0.2) is 38.5 Å². The standard InChI is InChI=1S/C13H19NO4S/c1-19(16,17)12-4-2-3-11(7-12)18-9-13(14,8-15)10-5-6-10/h2-4,7,10,15H,5-6,8-9,14H2,1H3. The van der Waals surface area contributed by atoms with Crippen molar-refractivity contribution in [3.63, 3.8) is 0 Å². The van der Waals surface area contributed by atoms with Gasteiger partial charge < -0.3 is 15.6 Å². The van der Waals surface area contributed by atoms with E-state index in [9.17, 15) is 13.5 Å². The number of aliphatic hydroxyl groups excluding tert-OH is 1. The van der Waals surface area contributed by atoms with Crippen LogP contribution in [0.3, 0.4) is 0 Å². The Morgan fingerprint density at radius 1 is 1.47 bits per heavy atom.